The molecule has 0 amide bonds. The lowest BCUT2D eigenvalue weighted by atomic mass is 10.0. The van der Waals surface area contributed by atoms with Crippen LogP contribution in [0.3, 0.4) is 0 Å². The Morgan fingerprint density at radius 2 is 1.90 bits per heavy atom. The number of nitro benzene ring substituents is 1. The fourth-order valence-electron chi connectivity index (χ4n) is 3.00. The van der Waals surface area contributed by atoms with Crippen LogP contribution in [0.5, 0.6) is 0 Å². The molecule has 2 fully saturated rings. The highest BCUT2D eigenvalue weighted by Gasteiger charge is 2.43. The molecule has 2 saturated heterocycles. The highest BCUT2D eigenvalue weighted by Crippen LogP contribution is 2.34. The maximum Gasteiger partial charge on any atom is 0.290 e. The highest BCUT2D eigenvalue weighted by molar-refractivity contribution is 7.89. The second-order valence-corrected chi connectivity index (χ2v) is 7.71. The molecule has 0 radical (unpaired) electrons. The molecule has 1 aromatic rings. The third kappa shape index (κ3) is 2.52. The van der Waals surface area contributed by atoms with Gasteiger partial charge in [0.25, 0.3) is 5.69 Å². The molecule has 1 N–H and O–H groups in total. The number of rotatable bonds is 3. The molecular formula is C12H14ClN3O4S. The van der Waals surface area contributed by atoms with E-state index in [2.05, 4.69) is 5.32 Å². The van der Waals surface area contributed by atoms with Crippen molar-refractivity contribution in [2.24, 2.45) is 11.8 Å². The molecule has 0 aliphatic carbocycles. The van der Waals surface area contributed by atoms with Crippen LogP contribution in [0.2, 0.25) is 5.02 Å². The van der Waals surface area contributed by atoms with Crippen LogP contribution in [0, 0.1) is 22.0 Å². The van der Waals surface area contributed by atoms with Crippen molar-refractivity contribution in [3.05, 3.63) is 33.3 Å². The van der Waals surface area contributed by atoms with Crippen molar-refractivity contribution in [3.8, 4) is 0 Å². The van der Waals surface area contributed by atoms with Crippen molar-refractivity contribution in [1.29, 1.82) is 0 Å². The average Bonchev–Trinajstić information content (AvgIpc) is 2.98. The number of hydrogen-bond donors (Lipinski definition) is 1. The van der Waals surface area contributed by atoms with Gasteiger partial charge in [0.2, 0.25) is 10.0 Å². The molecule has 1 aromatic carbocycles. The zero-order chi connectivity index (χ0) is 15.2. The van der Waals surface area contributed by atoms with Crippen molar-refractivity contribution in [3.63, 3.8) is 0 Å². The average molecular weight is 332 g/mol. The van der Waals surface area contributed by atoms with Gasteiger partial charge in [0.1, 0.15) is 0 Å². The molecule has 7 nitrogen and oxygen atoms in total. The normalized spacial score (nSPS) is 26.0. The third-order valence-corrected chi connectivity index (χ3v) is 6.21. The second-order valence-electron chi connectivity index (χ2n) is 5.37. The molecule has 2 heterocycles. The second kappa shape index (κ2) is 5.20. The standard InChI is InChI=1S/C12H14ClN3O4S/c13-10-1-2-12(11(3-10)16(17)18)21(19,20)15-6-8-4-14-5-9(8)7-15/h1-3,8-9,14H,4-7H2/t8-,9+. The zero-order valence-corrected chi connectivity index (χ0v) is 12.6. The highest BCUT2D eigenvalue weighted by atomic mass is 35.5. The number of fused-ring (bicyclic) bond motifs is 1. The van der Waals surface area contributed by atoms with E-state index >= 15 is 0 Å². The van der Waals surface area contributed by atoms with E-state index in [4.69, 9.17) is 11.6 Å². The minimum absolute atomic E-state index is 0.142. The Labute approximate surface area is 127 Å². The number of hydrogen-bond acceptors (Lipinski definition) is 5. The quantitative estimate of drug-likeness (QED) is 0.661. The van der Waals surface area contributed by atoms with E-state index < -0.39 is 20.6 Å². The van der Waals surface area contributed by atoms with Crippen molar-refractivity contribution < 1.29 is 13.3 Å². The van der Waals surface area contributed by atoms with Crippen LogP contribution in [-0.2, 0) is 10.0 Å². The summed E-state index contributed by atoms with van der Waals surface area (Å²) in [5.74, 6) is 0.567. The van der Waals surface area contributed by atoms with Gasteiger partial charge in [0.05, 0.1) is 4.92 Å². The fourth-order valence-corrected chi connectivity index (χ4v) is 4.86. The summed E-state index contributed by atoms with van der Waals surface area (Å²) in [5.41, 5.74) is -0.474. The van der Waals surface area contributed by atoms with Crippen LogP contribution in [0.25, 0.3) is 0 Å². The summed E-state index contributed by atoms with van der Waals surface area (Å²) < 4.78 is 26.7. The number of nitrogens with one attached hydrogen (secondary N) is 1. The molecule has 0 saturated carbocycles. The molecule has 9 heteroatoms. The number of nitro groups is 1. The van der Waals surface area contributed by atoms with Gasteiger partial charge in [-0.05, 0) is 37.1 Å². The predicted molar refractivity (Wildman–Crippen MR) is 76.7 cm³/mol. The number of nitrogens with zero attached hydrogens (tertiary/aromatic N) is 2. The summed E-state index contributed by atoms with van der Waals surface area (Å²) in [6.07, 6.45) is 0. The summed E-state index contributed by atoms with van der Waals surface area (Å²) in [7, 11) is -3.87. The van der Waals surface area contributed by atoms with E-state index in [0.717, 1.165) is 19.2 Å². The molecule has 0 unspecified atom stereocenters. The Kier molecular flexibility index (Phi) is 3.64. The van der Waals surface area contributed by atoms with Crippen molar-refractivity contribution >= 4 is 27.3 Å². The van der Waals surface area contributed by atoms with E-state index in [1.54, 1.807) is 0 Å². The molecular weight excluding hydrogens is 318 g/mol. The maximum absolute atomic E-state index is 12.7. The van der Waals surface area contributed by atoms with Crippen molar-refractivity contribution in [1.82, 2.24) is 9.62 Å². The van der Waals surface area contributed by atoms with Crippen molar-refractivity contribution in [2.45, 2.75) is 4.90 Å². The van der Waals surface area contributed by atoms with Gasteiger partial charge in [-0.3, -0.25) is 10.1 Å². The molecule has 2 aliphatic heterocycles. The van der Waals surface area contributed by atoms with Gasteiger partial charge in [-0.2, -0.15) is 4.31 Å². The minimum Gasteiger partial charge on any atom is -0.316 e. The third-order valence-electron chi connectivity index (χ3n) is 4.09. The lowest BCUT2D eigenvalue weighted by molar-refractivity contribution is -0.387. The largest absolute Gasteiger partial charge is 0.316 e. The SMILES string of the molecule is O=[N+]([O-])c1cc(Cl)ccc1S(=O)(=O)N1C[C@H]2CNC[C@H]2C1. The Morgan fingerprint density at radius 3 is 2.48 bits per heavy atom. The Bertz CT molecular complexity index is 682. The first kappa shape index (κ1) is 14.7. The molecule has 114 valence electrons. The summed E-state index contributed by atoms with van der Waals surface area (Å²) >= 11 is 5.73. The van der Waals surface area contributed by atoms with Crippen LogP contribution < -0.4 is 5.32 Å². The van der Waals surface area contributed by atoms with Crippen LogP contribution in [0.1, 0.15) is 0 Å². The molecule has 2 aliphatic rings. The topological polar surface area (TPSA) is 92.5 Å². The number of benzene rings is 1. The molecule has 2 atom stereocenters. The first-order valence-electron chi connectivity index (χ1n) is 6.54. The van der Waals surface area contributed by atoms with Gasteiger partial charge in [-0.25, -0.2) is 8.42 Å². The van der Waals surface area contributed by atoms with E-state index in [1.165, 1.54) is 16.4 Å². The molecule has 21 heavy (non-hydrogen) atoms. The van der Waals surface area contributed by atoms with Gasteiger partial charge in [-0.1, -0.05) is 11.6 Å². The maximum atomic E-state index is 12.7. The monoisotopic (exact) mass is 331 g/mol. The lowest BCUT2D eigenvalue weighted by Gasteiger charge is -2.17. The molecule has 3 rings (SSSR count). The summed E-state index contributed by atoms with van der Waals surface area (Å²) in [6, 6.07) is 3.65. The van der Waals surface area contributed by atoms with Crippen LogP contribution in [0.15, 0.2) is 23.1 Å². The molecule has 0 aromatic heterocycles. The molecule has 0 spiro atoms. The van der Waals surface area contributed by atoms with Crippen molar-refractivity contribution in [2.75, 3.05) is 26.2 Å². The zero-order valence-electron chi connectivity index (χ0n) is 11.0. The van der Waals surface area contributed by atoms with E-state index in [9.17, 15) is 18.5 Å². The first-order chi connectivity index (χ1) is 9.89. The minimum atomic E-state index is -3.87. The Hall–Kier alpha value is -1.22. The summed E-state index contributed by atoms with van der Waals surface area (Å²) in [5, 5.41) is 14.5. The Morgan fingerprint density at radius 1 is 1.29 bits per heavy atom. The Balaban J connectivity index is 1.98. The number of halogens is 1. The van der Waals surface area contributed by atoms with Gasteiger partial charge in [0, 0.05) is 24.2 Å². The molecule has 0 bridgehead atoms. The van der Waals surface area contributed by atoms with E-state index in [1.807, 2.05) is 0 Å². The van der Waals surface area contributed by atoms with E-state index in [-0.39, 0.29) is 21.8 Å². The fraction of sp³-hybridized carbons (Fsp3) is 0.500. The van der Waals surface area contributed by atoms with E-state index in [0.29, 0.717) is 13.1 Å². The number of sulfonamides is 1. The van der Waals surface area contributed by atoms with Gasteiger partial charge < -0.3 is 5.32 Å². The summed E-state index contributed by atoms with van der Waals surface area (Å²) in [4.78, 5) is 10.1. The van der Waals surface area contributed by atoms with Gasteiger partial charge in [0.15, 0.2) is 4.90 Å². The van der Waals surface area contributed by atoms with Gasteiger partial charge >= 0.3 is 0 Å². The van der Waals surface area contributed by atoms with Crippen LogP contribution in [-0.4, -0.2) is 43.8 Å². The van der Waals surface area contributed by atoms with Gasteiger partial charge in [-0.15, -0.1) is 0 Å². The smallest absolute Gasteiger partial charge is 0.290 e. The predicted octanol–water partition coefficient (Wildman–Crippen LogP) is 1.09. The van der Waals surface area contributed by atoms with Crippen LogP contribution in [0.4, 0.5) is 5.69 Å². The lowest BCUT2D eigenvalue weighted by Crippen LogP contribution is -2.32. The van der Waals surface area contributed by atoms with Crippen LogP contribution >= 0.6 is 11.6 Å². The first-order valence-corrected chi connectivity index (χ1v) is 8.36. The summed E-state index contributed by atoms with van der Waals surface area (Å²) in [6.45, 7) is 2.39.